The van der Waals surface area contributed by atoms with E-state index >= 15 is 0 Å². The number of nitrogens with zero attached hydrogens (tertiary/aromatic N) is 3. The molecule has 0 unspecified atom stereocenters. The van der Waals surface area contributed by atoms with Crippen LogP contribution in [0.3, 0.4) is 0 Å². The number of amides is 2. The molecule has 2 fully saturated rings. The molecule has 1 aromatic heterocycles. The zero-order valence-corrected chi connectivity index (χ0v) is 19.4. The maximum absolute atomic E-state index is 13.3. The number of carbonyl (C=O) groups excluding carboxylic acids is 2. The predicted molar refractivity (Wildman–Crippen MR) is 122 cm³/mol. The second-order valence-corrected chi connectivity index (χ2v) is 10.1. The average Bonchev–Trinajstić information content (AvgIpc) is 3.31. The second-order valence-electron chi connectivity index (χ2n) is 10.1. The minimum absolute atomic E-state index is 0.0341. The van der Waals surface area contributed by atoms with E-state index in [2.05, 4.69) is 15.5 Å². The van der Waals surface area contributed by atoms with Crippen LogP contribution in [0, 0.1) is 5.92 Å². The van der Waals surface area contributed by atoms with E-state index in [0.29, 0.717) is 35.9 Å². The van der Waals surface area contributed by atoms with Gasteiger partial charge in [0.25, 0.3) is 11.8 Å². The fraction of sp³-hybridized carbons (Fsp3) is 0.600. The number of carbonyl (C=O) groups is 2. The van der Waals surface area contributed by atoms with Crippen LogP contribution in [0.5, 0.6) is 0 Å². The first-order chi connectivity index (χ1) is 15.3. The molecule has 1 saturated heterocycles. The third-order valence-electron chi connectivity index (χ3n) is 6.59. The highest BCUT2D eigenvalue weighted by atomic mass is 16.5. The number of aromatic nitrogens is 2. The van der Waals surface area contributed by atoms with Gasteiger partial charge >= 0.3 is 0 Å². The van der Waals surface area contributed by atoms with Crippen molar-refractivity contribution in [3.05, 3.63) is 35.7 Å². The van der Waals surface area contributed by atoms with Crippen molar-refractivity contribution in [2.45, 2.75) is 77.2 Å². The lowest BCUT2D eigenvalue weighted by Crippen LogP contribution is -2.48. The molecule has 32 heavy (non-hydrogen) atoms. The van der Waals surface area contributed by atoms with Gasteiger partial charge in [-0.2, -0.15) is 4.98 Å². The summed E-state index contributed by atoms with van der Waals surface area (Å²) in [5.41, 5.74) is 1.000. The van der Waals surface area contributed by atoms with Crippen LogP contribution >= 0.6 is 0 Å². The van der Waals surface area contributed by atoms with Crippen LogP contribution in [-0.2, 0) is 10.2 Å². The summed E-state index contributed by atoms with van der Waals surface area (Å²) in [6.07, 6.45) is 7.12. The van der Waals surface area contributed by atoms with Crippen molar-refractivity contribution in [1.82, 2.24) is 20.4 Å². The highest BCUT2D eigenvalue weighted by molar-refractivity contribution is 6.00. The van der Waals surface area contributed by atoms with Gasteiger partial charge in [-0.05, 0) is 37.8 Å². The topological polar surface area (TPSA) is 88.3 Å². The molecule has 2 aromatic rings. The van der Waals surface area contributed by atoms with Gasteiger partial charge in [-0.3, -0.25) is 9.59 Å². The molecule has 7 heteroatoms. The SMILES string of the molecule is CC(C)(C)c1noc(-c2ccccc2C(=O)N2CCC(NC(=O)C3CCCCC3)CC2)n1. The Balaban J connectivity index is 1.39. The summed E-state index contributed by atoms with van der Waals surface area (Å²) in [7, 11) is 0. The van der Waals surface area contributed by atoms with Crippen LogP contribution in [0.15, 0.2) is 28.8 Å². The molecule has 2 aliphatic rings. The van der Waals surface area contributed by atoms with Gasteiger partial charge in [-0.1, -0.05) is 57.3 Å². The first-order valence-electron chi connectivity index (χ1n) is 11.9. The lowest BCUT2D eigenvalue weighted by Gasteiger charge is -2.33. The average molecular weight is 439 g/mol. The van der Waals surface area contributed by atoms with Gasteiger partial charge in [-0.25, -0.2) is 0 Å². The van der Waals surface area contributed by atoms with Crippen LogP contribution in [-0.4, -0.2) is 46.0 Å². The van der Waals surface area contributed by atoms with E-state index in [0.717, 1.165) is 38.5 Å². The molecule has 7 nitrogen and oxygen atoms in total. The quantitative estimate of drug-likeness (QED) is 0.767. The normalized spacial score (nSPS) is 18.5. The molecule has 1 N–H and O–H groups in total. The number of nitrogens with one attached hydrogen (secondary N) is 1. The van der Waals surface area contributed by atoms with Crippen molar-refractivity contribution in [1.29, 1.82) is 0 Å². The molecule has 1 aromatic carbocycles. The molecule has 2 amide bonds. The summed E-state index contributed by atoms with van der Waals surface area (Å²) in [4.78, 5) is 32.3. The number of rotatable bonds is 4. The Labute approximate surface area is 189 Å². The number of hydrogen-bond donors (Lipinski definition) is 1. The van der Waals surface area contributed by atoms with E-state index in [9.17, 15) is 9.59 Å². The Morgan fingerprint density at radius 1 is 1.03 bits per heavy atom. The van der Waals surface area contributed by atoms with Crippen molar-refractivity contribution in [2.75, 3.05) is 13.1 Å². The Hall–Kier alpha value is -2.70. The molecule has 2 heterocycles. The highest BCUT2D eigenvalue weighted by Crippen LogP contribution is 2.28. The summed E-state index contributed by atoms with van der Waals surface area (Å²) in [5.74, 6) is 1.32. The Morgan fingerprint density at radius 3 is 2.38 bits per heavy atom. The first-order valence-corrected chi connectivity index (χ1v) is 11.9. The van der Waals surface area contributed by atoms with E-state index in [1.54, 1.807) is 0 Å². The van der Waals surface area contributed by atoms with Crippen molar-refractivity contribution >= 4 is 11.8 Å². The molecular formula is C25H34N4O3. The molecular weight excluding hydrogens is 404 g/mol. The largest absolute Gasteiger partial charge is 0.353 e. The molecule has 0 spiro atoms. The standard InChI is InChI=1S/C25H34N4O3/c1-25(2,3)24-27-22(32-28-24)19-11-7-8-12-20(19)23(31)29-15-13-18(14-16-29)26-21(30)17-9-5-4-6-10-17/h7-8,11-12,17-18H,4-6,9-10,13-16H2,1-3H3,(H,26,30). The van der Waals surface area contributed by atoms with Gasteiger partial charge in [0.1, 0.15) is 0 Å². The molecule has 1 aliphatic heterocycles. The highest BCUT2D eigenvalue weighted by Gasteiger charge is 2.29. The number of benzene rings is 1. The Morgan fingerprint density at radius 2 is 1.72 bits per heavy atom. The molecule has 0 radical (unpaired) electrons. The van der Waals surface area contributed by atoms with Gasteiger partial charge in [-0.15, -0.1) is 0 Å². The van der Waals surface area contributed by atoms with Gasteiger partial charge in [0.05, 0.1) is 11.1 Å². The first kappa shape index (κ1) is 22.5. The lowest BCUT2D eigenvalue weighted by molar-refractivity contribution is -0.126. The van der Waals surface area contributed by atoms with Crippen molar-refractivity contribution in [3.8, 4) is 11.5 Å². The number of likely N-dealkylation sites (tertiary alicyclic amines) is 1. The summed E-state index contributed by atoms with van der Waals surface area (Å²) >= 11 is 0. The van der Waals surface area contributed by atoms with E-state index in [1.165, 1.54) is 6.42 Å². The van der Waals surface area contributed by atoms with Crippen LogP contribution in [0.1, 0.15) is 81.9 Å². The van der Waals surface area contributed by atoms with Gasteiger partial charge in [0, 0.05) is 30.5 Å². The predicted octanol–water partition coefficient (Wildman–Crippen LogP) is 4.34. The Bertz CT molecular complexity index is 948. The van der Waals surface area contributed by atoms with Gasteiger partial charge < -0.3 is 14.7 Å². The Kier molecular flexibility index (Phi) is 6.63. The van der Waals surface area contributed by atoms with Gasteiger partial charge in [0.2, 0.25) is 5.91 Å². The van der Waals surface area contributed by atoms with Crippen LogP contribution < -0.4 is 5.32 Å². The monoisotopic (exact) mass is 438 g/mol. The summed E-state index contributed by atoms with van der Waals surface area (Å²) in [6, 6.07) is 7.54. The summed E-state index contributed by atoms with van der Waals surface area (Å²) < 4.78 is 5.49. The van der Waals surface area contributed by atoms with Crippen LogP contribution in [0.4, 0.5) is 0 Å². The second kappa shape index (κ2) is 9.43. The molecule has 0 atom stereocenters. The van der Waals surface area contributed by atoms with Crippen molar-refractivity contribution in [3.63, 3.8) is 0 Å². The van der Waals surface area contributed by atoms with E-state index in [-0.39, 0.29) is 29.2 Å². The fourth-order valence-corrected chi connectivity index (χ4v) is 4.57. The number of hydrogen-bond acceptors (Lipinski definition) is 5. The minimum Gasteiger partial charge on any atom is -0.353 e. The molecule has 172 valence electrons. The van der Waals surface area contributed by atoms with Crippen LogP contribution in [0.2, 0.25) is 0 Å². The van der Waals surface area contributed by atoms with Gasteiger partial charge in [0.15, 0.2) is 5.82 Å². The maximum atomic E-state index is 13.3. The zero-order valence-electron chi connectivity index (χ0n) is 19.4. The third-order valence-corrected chi connectivity index (χ3v) is 6.59. The van der Waals surface area contributed by atoms with E-state index < -0.39 is 0 Å². The molecule has 0 bridgehead atoms. The van der Waals surface area contributed by atoms with E-state index in [1.807, 2.05) is 49.9 Å². The van der Waals surface area contributed by atoms with E-state index in [4.69, 9.17) is 4.52 Å². The molecule has 4 rings (SSSR count). The zero-order chi connectivity index (χ0) is 22.7. The smallest absolute Gasteiger partial charge is 0.258 e. The van der Waals surface area contributed by atoms with Crippen molar-refractivity contribution < 1.29 is 14.1 Å². The van der Waals surface area contributed by atoms with Crippen LogP contribution in [0.25, 0.3) is 11.5 Å². The molecule has 1 aliphatic carbocycles. The fourth-order valence-electron chi connectivity index (χ4n) is 4.57. The molecule has 1 saturated carbocycles. The van der Waals surface area contributed by atoms with Crippen molar-refractivity contribution in [2.24, 2.45) is 5.92 Å². The summed E-state index contributed by atoms with van der Waals surface area (Å²) in [5, 5.41) is 7.33. The maximum Gasteiger partial charge on any atom is 0.258 e. The lowest BCUT2D eigenvalue weighted by atomic mass is 9.88. The third kappa shape index (κ3) is 5.03. The number of piperidine rings is 1. The summed E-state index contributed by atoms with van der Waals surface area (Å²) in [6.45, 7) is 7.32. The minimum atomic E-state index is -0.232.